The number of nitrogens with one attached hydrogen (secondary N) is 1. The second-order valence-corrected chi connectivity index (χ2v) is 9.70. The lowest BCUT2D eigenvalue weighted by atomic mass is 9.92. The van der Waals surface area contributed by atoms with Gasteiger partial charge in [-0.2, -0.15) is 0 Å². The van der Waals surface area contributed by atoms with Gasteiger partial charge in [0.2, 0.25) is 11.8 Å². The molecule has 0 spiro atoms. The molecule has 148 valence electrons. The fraction of sp³-hybridized carbons (Fsp3) is 0.391. The number of nitrogens with zero attached hydrogens (tertiary/aromatic N) is 1. The van der Waals surface area contributed by atoms with Crippen LogP contribution in [0, 0.1) is 19.3 Å². The van der Waals surface area contributed by atoms with Crippen LogP contribution < -0.4 is 10.2 Å². The predicted octanol–water partition coefficient (Wildman–Crippen LogP) is 5.46. The molecule has 1 aliphatic heterocycles. The Bertz CT molecular complexity index is 902. The van der Waals surface area contributed by atoms with Gasteiger partial charge in [0.05, 0.1) is 5.75 Å². The van der Waals surface area contributed by atoms with Gasteiger partial charge in [0.1, 0.15) is 5.37 Å². The third kappa shape index (κ3) is 4.76. The number of aryl methyl sites for hydroxylation is 2. The second-order valence-electron chi connectivity index (χ2n) is 8.63. The fourth-order valence-corrected chi connectivity index (χ4v) is 4.62. The molecule has 1 unspecified atom stereocenters. The number of thioether (sulfide) groups is 1. The van der Waals surface area contributed by atoms with Gasteiger partial charge in [-0.25, -0.2) is 0 Å². The molecule has 28 heavy (non-hydrogen) atoms. The lowest BCUT2D eigenvalue weighted by Crippen LogP contribution is -2.28. The van der Waals surface area contributed by atoms with E-state index in [1.807, 2.05) is 69.0 Å². The molecule has 1 atom stereocenters. The van der Waals surface area contributed by atoms with Crippen molar-refractivity contribution in [1.29, 1.82) is 0 Å². The number of anilines is 2. The fourth-order valence-electron chi connectivity index (χ4n) is 3.46. The lowest BCUT2D eigenvalue weighted by Gasteiger charge is -2.26. The molecule has 4 nitrogen and oxygen atoms in total. The molecule has 1 saturated heterocycles. The van der Waals surface area contributed by atoms with Gasteiger partial charge >= 0.3 is 0 Å². The van der Waals surface area contributed by atoms with Crippen molar-refractivity contribution < 1.29 is 9.59 Å². The summed E-state index contributed by atoms with van der Waals surface area (Å²) >= 11 is 1.62. The maximum atomic E-state index is 12.7. The standard InChI is InChI=1S/C23H28N2O2S/c1-15-9-10-19(16(2)11-15)25-21(27)14-28-22(25)17-7-6-8-18(12-17)24-20(26)13-23(3,4)5/h6-12,22H,13-14H2,1-5H3,(H,24,26). The highest BCUT2D eigenvalue weighted by atomic mass is 32.2. The number of benzene rings is 2. The van der Waals surface area contributed by atoms with Crippen molar-refractivity contribution in [3.8, 4) is 0 Å². The first-order valence-corrected chi connectivity index (χ1v) is 10.6. The molecule has 0 bridgehead atoms. The molecule has 0 saturated carbocycles. The van der Waals surface area contributed by atoms with Gasteiger partial charge in [-0.3, -0.25) is 14.5 Å². The Labute approximate surface area is 171 Å². The molecule has 2 aromatic rings. The van der Waals surface area contributed by atoms with E-state index in [2.05, 4.69) is 18.3 Å². The summed E-state index contributed by atoms with van der Waals surface area (Å²) in [6.07, 6.45) is 0.461. The molecular weight excluding hydrogens is 368 g/mol. The molecule has 0 aliphatic carbocycles. The van der Waals surface area contributed by atoms with Gasteiger partial charge in [0, 0.05) is 17.8 Å². The van der Waals surface area contributed by atoms with E-state index in [1.165, 1.54) is 5.56 Å². The van der Waals surface area contributed by atoms with Crippen LogP contribution in [0.1, 0.15) is 49.3 Å². The first kappa shape index (κ1) is 20.5. The van der Waals surface area contributed by atoms with E-state index in [4.69, 9.17) is 0 Å². The molecule has 2 amide bonds. The van der Waals surface area contributed by atoms with E-state index in [0.717, 1.165) is 22.5 Å². The van der Waals surface area contributed by atoms with Crippen molar-refractivity contribution in [2.45, 2.75) is 46.4 Å². The summed E-state index contributed by atoms with van der Waals surface area (Å²) in [6.45, 7) is 10.2. The third-order valence-electron chi connectivity index (χ3n) is 4.63. The normalized spacial score (nSPS) is 17.1. The summed E-state index contributed by atoms with van der Waals surface area (Å²) in [7, 11) is 0. The van der Waals surface area contributed by atoms with Crippen molar-refractivity contribution in [3.63, 3.8) is 0 Å². The van der Waals surface area contributed by atoms with E-state index >= 15 is 0 Å². The zero-order valence-corrected chi connectivity index (χ0v) is 18.0. The largest absolute Gasteiger partial charge is 0.326 e. The van der Waals surface area contributed by atoms with Crippen LogP contribution >= 0.6 is 11.8 Å². The zero-order chi connectivity index (χ0) is 20.5. The maximum Gasteiger partial charge on any atom is 0.238 e. The number of hydrogen-bond donors (Lipinski definition) is 1. The van der Waals surface area contributed by atoms with Crippen molar-refractivity contribution >= 4 is 35.0 Å². The first-order valence-electron chi connectivity index (χ1n) is 9.55. The molecule has 1 fully saturated rings. The number of carbonyl (C=O) groups excluding carboxylic acids is 2. The van der Waals surface area contributed by atoms with E-state index in [-0.39, 0.29) is 22.6 Å². The van der Waals surface area contributed by atoms with Crippen LogP contribution in [-0.4, -0.2) is 17.6 Å². The Morgan fingerprint density at radius 3 is 2.61 bits per heavy atom. The van der Waals surface area contributed by atoms with Crippen molar-refractivity contribution in [2.24, 2.45) is 5.41 Å². The molecule has 1 N–H and O–H groups in total. The lowest BCUT2D eigenvalue weighted by molar-refractivity contribution is -0.118. The van der Waals surface area contributed by atoms with E-state index in [9.17, 15) is 9.59 Å². The molecule has 0 radical (unpaired) electrons. The Morgan fingerprint density at radius 1 is 1.18 bits per heavy atom. The molecule has 0 aromatic heterocycles. The highest BCUT2D eigenvalue weighted by molar-refractivity contribution is 8.00. The second kappa shape index (κ2) is 8.00. The van der Waals surface area contributed by atoms with Gasteiger partial charge < -0.3 is 5.32 Å². The van der Waals surface area contributed by atoms with Crippen LogP contribution in [0.25, 0.3) is 0 Å². The maximum absolute atomic E-state index is 12.7. The van der Waals surface area contributed by atoms with Crippen molar-refractivity contribution in [3.05, 3.63) is 59.2 Å². The monoisotopic (exact) mass is 396 g/mol. The van der Waals surface area contributed by atoms with Crippen LogP contribution in [0.15, 0.2) is 42.5 Å². The number of hydrogen-bond acceptors (Lipinski definition) is 3. The minimum atomic E-state index is -0.0895. The van der Waals surface area contributed by atoms with Gasteiger partial charge in [-0.05, 0) is 48.6 Å². The SMILES string of the molecule is Cc1ccc(N2C(=O)CSC2c2cccc(NC(=O)CC(C)(C)C)c2)c(C)c1. The Hall–Kier alpha value is -2.27. The average Bonchev–Trinajstić information content (AvgIpc) is 2.95. The molecule has 5 heteroatoms. The zero-order valence-electron chi connectivity index (χ0n) is 17.2. The summed E-state index contributed by atoms with van der Waals surface area (Å²) in [4.78, 5) is 26.8. The quantitative estimate of drug-likeness (QED) is 0.747. The average molecular weight is 397 g/mol. The highest BCUT2D eigenvalue weighted by Gasteiger charge is 2.34. The first-order chi connectivity index (χ1) is 13.1. The third-order valence-corrected chi connectivity index (χ3v) is 5.84. The van der Waals surface area contributed by atoms with Crippen LogP contribution in [-0.2, 0) is 9.59 Å². The Balaban J connectivity index is 1.86. The van der Waals surface area contributed by atoms with Crippen LogP contribution in [0.2, 0.25) is 0 Å². The summed E-state index contributed by atoms with van der Waals surface area (Å²) in [6, 6.07) is 14.0. The minimum Gasteiger partial charge on any atom is -0.326 e. The number of rotatable bonds is 4. The number of carbonyl (C=O) groups is 2. The van der Waals surface area contributed by atoms with Gasteiger partial charge in [-0.15, -0.1) is 11.8 Å². The predicted molar refractivity (Wildman–Crippen MR) is 118 cm³/mol. The summed E-state index contributed by atoms with van der Waals surface area (Å²) in [5.41, 5.74) is 4.95. The minimum absolute atomic E-state index is 0.00559. The van der Waals surface area contributed by atoms with E-state index in [0.29, 0.717) is 12.2 Å². The summed E-state index contributed by atoms with van der Waals surface area (Å²) < 4.78 is 0. The molecule has 1 heterocycles. The van der Waals surface area contributed by atoms with Gasteiger partial charge in [-0.1, -0.05) is 50.6 Å². The molecule has 1 aliphatic rings. The summed E-state index contributed by atoms with van der Waals surface area (Å²) in [5.74, 6) is 0.577. The number of amides is 2. The Morgan fingerprint density at radius 2 is 1.93 bits per heavy atom. The van der Waals surface area contributed by atoms with E-state index in [1.54, 1.807) is 11.8 Å². The van der Waals surface area contributed by atoms with Crippen LogP contribution in [0.4, 0.5) is 11.4 Å². The summed E-state index contributed by atoms with van der Waals surface area (Å²) in [5, 5.41) is 2.91. The van der Waals surface area contributed by atoms with E-state index < -0.39 is 0 Å². The smallest absolute Gasteiger partial charge is 0.238 e. The van der Waals surface area contributed by atoms with Crippen LogP contribution in [0.3, 0.4) is 0 Å². The van der Waals surface area contributed by atoms with Gasteiger partial charge in [0.25, 0.3) is 0 Å². The van der Waals surface area contributed by atoms with Gasteiger partial charge in [0.15, 0.2) is 0 Å². The molecule has 3 rings (SSSR count). The highest BCUT2D eigenvalue weighted by Crippen LogP contribution is 2.43. The topological polar surface area (TPSA) is 49.4 Å². The molecular formula is C23H28N2O2S. The Kier molecular flexibility index (Phi) is 5.84. The molecule has 2 aromatic carbocycles. The van der Waals surface area contributed by atoms with Crippen LogP contribution in [0.5, 0.6) is 0 Å². The van der Waals surface area contributed by atoms with Crippen molar-refractivity contribution in [2.75, 3.05) is 16.0 Å². The van der Waals surface area contributed by atoms with Crippen molar-refractivity contribution in [1.82, 2.24) is 0 Å².